The van der Waals surface area contributed by atoms with Crippen molar-refractivity contribution < 1.29 is 19.0 Å². The molecule has 4 aromatic rings. The van der Waals surface area contributed by atoms with Crippen molar-refractivity contribution in [1.82, 2.24) is 14.9 Å². The molecule has 1 aromatic heterocycles. The molecule has 40 heavy (non-hydrogen) atoms. The van der Waals surface area contributed by atoms with E-state index in [0.29, 0.717) is 29.1 Å². The van der Waals surface area contributed by atoms with E-state index in [4.69, 9.17) is 9.84 Å². The van der Waals surface area contributed by atoms with Gasteiger partial charge in [-0.05, 0) is 65.4 Å². The summed E-state index contributed by atoms with van der Waals surface area (Å²) < 4.78 is 21.5. The fourth-order valence-corrected chi connectivity index (χ4v) is 4.63. The highest BCUT2D eigenvalue weighted by atomic mass is 19.1. The number of halogens is 1. The maximum absolute atomic E-state index is 15.2. The Kier molecular flexibility index (Phi) is 8.61. The number of aromatic amines is 1. The van der Waals surface area contributed by atoms with Gasteiger partial charge in [-0.1, -0.05) is 30.3 Å². The molecule has 0 bridgehead atoms. The number of aliphatic hydroxyl groups excluding tert-OH is 1. The molecule has 3 aromatic carbocycles. The Balaban J connectivity index is 1.71. The molecular weight excluding hydrogens is 515 g/mol. The van der Waals surface area contributed by atoms with Crippen molar-refractivity contribution in [2.45, 2.75) is 20.4 Å². The van der Waals surface area contributed by atoms with Gasteiger partial charge in [0.05, 0.1) is 13.7 Å². The molecule has 208 valence electrons. The predicted molar refractivity (Wildman–Crippen MR) is 152 cm³/mol. The molecule has 1 heterocycles. The van der Waals surface area contributed by atoms with Crippen LogP contribution < -0.4 is 26.6 Å². The zero-order valence-corrected chi connectivity index (χ0v) is 22.7. The van der Waals surface area contributed by atoms with Gasteiger partial charge in [-0.25, -0.2) is 9.18 Å². The summed E-state index contributed by atoms with van der Waals surface area (Å²) in [5.41, 5.74) is 4.27. The Bertz CT molecular complexity index is 1690. The molecule has 4 rings (SSSR count). The number of aliphatic hydroxyl groups is 1. The molecular formula is C30H31FN4O5. The summed E-state index contributed by atoms with van der Waals surface area (Å²) in [7, 11) is 2.78. The molecule has 0 fully saturated rings. The van der Waals surface area contributed by atoms with E-state index in [1.165, 1.54) is 20.2 Å². The lowest BCUT2D eigenvalue weighted by molar-refractivity contribution is 0.102. The average molecular weight is 547 g/mol. The van der Waals surface area contributed by atoms with Crippen LogP contribution in [0.15, 0.2) is 64.3 Å². The van der Waals surface area contributed by atoms with Gasteiger partial charge in [-0.15, -0.1) is 0 Å². The molecule has 4 N–H and O–H groups in total. The molecule has 1 amide bonds. The number of H-pyrrole nitrogens is 1. The maximum atomic E-state index is 15.2. The maximum Gasteiger partial charge on any atom is 0.328 e. The Morgan fingerprint density at radius 1 is 1.05 bits per heavy atom. The minimum atomic E-state index is -0.698. The third kappa shape index (κ3) is 5.58. The molecule has 0 radical (unpaired) electrons. The van der Waals surface area contributed by atoms with Crippen molar-refractivity contribution in [1.29, 1.82) is 0 Å². The Labute approximate surface area is 230 Å². The highest BCUT2D eigenvalue weighted by molar-refractivity contribution is 6.04. The number of carbonyl (C=O) groups is 1. The summed E-state index contributed by atoms with van der Waals surface area (Å²) >= 11 is 0. The van der Waals surface area contributed by atoms with Gasteiger partial charge >= 0.3 is 5.69 Å². The number of carbonyl (C=O) groups excluding carboxylic acids is 1. The minimum absolute atomic E-state index is 0.0517. The number of anilines is 1. The van der Waals surface area contributed by atoms with Crippen molar-refractivity contribution in [3.8, 4) is 28.0 Å². The van der Waals surface area contributed by atoms with Gasteiger partial charge in [0.25, 0.3) is 11.5 Å². The second-order valence-electron chi connectivity index (χ2n) is 9.32. The highest BCUT2D eigenvalue weighted by Crippen LogP contribution is 2.37. The number of aromatic nitrogens is 2. The van der Waals surface area contributed by atoms with Crippen molar-refractivity contribution in [2.75, 3.05) is 25.6 Å². The summed E-state index contributed by atoms with van der Waals surface area (Å²) in [5.74, 6) is -0.655. The number of hydrogen-bond donors (Lipinski definition) is 4. The lowest BCUT2D eigenvalue weighted by Crippen LogP contribution is -2.37. The van der Waals surface area contributed by atoms with Gasteiger partial charge in [-0.2, -0.15) is 0 Å². The first kappa shape index (κ1) is 28.5. The topological polar surface area (TPSA) is 125 Å². The average Bonchev–Trinajstić information content (AvgIpc) is 2.94. The number of nitrogens with one attached hydrogen (secondary N) is 3. The van der Waals surface area contributed by atoms with Crippen LogP contribution in [0.1, 0.15) is 27.0 Å². The summed E-state index contributed by atoms with van der Waals surface area (Å²) in [6.07, 6.45) is 1.11. The van der Waals surface area contributed by atoms with E-state index in [0.717, 1.165) is 38.6 Å². The molecule has 0 atom stereocenters. The second-order valence-corrected chi connectivity index (χ2v) is 9.32. The van der Waals surface area contributed by atoms with Crippen LogP contribution in [0.2, 0.25) is 0 Å². The predicted octanol–water partition coefficient (Wildman–Crippen LogP) is 3.51. The number of methoxy groups -OCH3 is 1. The van der Waals surface area contributed by atoms with E-state index in [9.17, 15) is 14.4 Å². The van der Waals surface area contributed by atoms with Gasteiger partial charge in [0.2, 0.25) is 0 Å². The van der Waals surface area contributed by atoms with Crippen LogP contribution >= 0.6 is 0 Å². The van der Waals surface area contributed by atoms with Crippen molar-refractivity contribution in [3.05, 3.63) is 104 Å². The standard InChI is InChI=1S/C30H31FN4O5/c1-17-20(19-13-25(31)23(15-32-11-12-36)27(14-19)40-4)7-5-8-21(17)22-9-6-10-26(18(22)2)34-28(37)24-16-33-30(39)35(3)29(24)38/h5-10,13-14,16,32,36H,11-12,15H2,1-4H3,(H,33,39)(H,34,37). The Hall–Kier alpha value is -4.54. The molecule has 0 aliphatic carbocycles. The van der Waals surface area contributed by atoms with E-state index in [1.807, 2.05) is 38.1 Å². The first-order chi connectivity index (χ1) is 19.2. The van der Waals surface area contributed by atoms with Crippen molar-refractivity contribution in [2.24, 2.45) is 7.05 Å². The monoisotopic (exact) mass is 546 g/mol. The molecule has 0 spiro atoms. The fraction of sp³-hybridized carbons (Fsp3) is 0.233. The Morgan fingerprint density at radius 2 is 1.73 bits per heavy atom. The fourth-order valence-electron chi connectivity index (χ4n) is 4.63. The Morgan fingerprint density at radius 3 is 2.42 bits per heavy atom. The van der Waals surface area contributed by atoms with Crippen LogP contribution in [0.25, 0.3) is 22.3 Å². The van der Waals surface area contributed by atoms with Crippen molar-refractivity contribution >= 4 is 11.6 Å². The minimum Gasteiger partial charge on any atom is -0.496 e. The summed E-state index contributed by atoms with van der Waals surface area (Å²) in [5, 5.41) is 14.8. The van der Waals surface area contributed by atoms with Crippen molar-refractivity contribution in [3.63, 3.8) is 0 Å². The van der Waals surface area contributed by atoms with Crippen LogP contribution in [-0.2, 0) is 13.6 Å². The van der Waals surface area contributed by atoms with Crippen LogP contribution in [0.5, 0.6) is 5.75 Å². The molecule has 0 aliphatic rings. The van der Waals surface area contributed by atoms with E-state index >= 15 is 4.39 Å². The number of rotatable bonds is 9. The van der Waals surface area contributed by atoms with E-state index < -0.39 is 23.0 Å². The zero-order valence-electron chi connectivity index (χ0n) is 22.7. The van der Waals surface area contributed by atoms with Crippen LogP contribution in [0, 0.1) is 19.7 Å². The lowest BCUT2D eigenvalue weighted by atomic mass is 9.90. The zero-order chi connectivity index (χ0) is 29.0. The number of benzene rings is 3. The SMILES string of the molecule is COc1cc(-c2cccc(-c3cccc(NC(=O)c4c[nH]c(=O)n(C)c4=O)c3C)c2C)cc(F)c1CNCCO. The normalized spacial score (nSPS) is 10.9. The summed E-state index contributed by atoms with van der Waals surface area (Å²) in [6.45, 7) is 4.31. The summed E-state index contributed by atoms with van der Waals surface area (Å²) in [4.78, 5) is 39.3. The molecule has 9 nitrogen and oxygen atoms in total. The highest BCUT2D eigenvalue weighted by Gasteiger charge is 2.18. The van der Waals surface area contributed by atoms with Crippen LogP contribution in [0.4, 0.5) is 10.1 Å². The molecule has 0 unspecified atom stereocenters. The third-order valence-electron chi connectivity index (χ3n) is 6.91. The van der Waals surface area contributed by atoms with E-state index in [2.05, 4.69) is 15.6 Å². The van der Waals surface area contributed by atoms with Gasteiger partial charge in [0, 0.05) is 37.6 Å². The van der Waals surface area contributed by atoms with Crippen LogP contribution in [-0.4, -0.2) is 40.8 Å². The number of nitrogens with zero attached hydrogens (tertiary/aromatic N) is 1. The van der Waals surface area contributed by atoms with E-state index in [-0.39, 0.29) is 18.7 Å². The van der Waals surface area contributed by atoms with Gasteiger partial charge < -0.3 is 25.5 Å². The molecule has 0 saturated carbocycles. The molecule has 0 aliphatic heterocycles. The van der Waals surface area contributed by atoms with E-state index in [1.54, 1.807) is 18.2 Å². The van der Waals surface area contributed by atoms with Gasteiger partial charge in [-0.3, -0.25) is 14.2 Å². The van der Waals surface area contributed by atoms with Gasteiger partial charge in [0.1, 0.15) is 17.1 Å². The number of amides is 1. The van der Waals surface area contributed by atoms with Crippen LogP contribution in [0.3, 0.4) is 0 Å². The first-order valence-corrected chi connectivity index (χ1v) is 12.7. The quantitative estimate of drug-likeness (QED) is 0.238. The smallest absolute Gasteiger partial charge is 0.328 e. The number of hydrogen-bond acceptors (Lipinski definition) is 6. The number of ether oxygens (including phenoxy) is 1. The largest absolute Gasteiger partial charge is 0.496 e. The molecule has 0 saturated heterocycles. The summed E-state index contributed by atoms with van der Waals surface area (Å²) in [6, 6.07) is 14.5. The molecule has 10 heteroatoms. The lowest BCUT2D eigenvalue weighted by Gasteiger charge is -2.18. The van der Waals surface area contributed by atoms with Gasteiger partial charge in [0.15, 0.2) is 0 Å². The second kappa shape index (κ2) is 12.1. The first-order valence-electron chi connectivity index (χ1n) is 12.7. The third-order valence-corrected chi connectivity index (χ3v) is 6.91.